The number of nitrogens with one attached hydrogen (secondary N) is 1. The second-order valence-electron chi connectivity index (χ2n) is 7.11. The average molecular weight is 399 g/mol. The highest BCUT2D eigenvalue weighted by molar-refractivity contribution is 5.80. The zero-order valence-corrected chi connectivity index (χ0v) is 17.7. The van der Waals surface area contributed by atoms with Gasteiger partial charge in [-0.2, -0.15) is 0 Å². The first-order chi connectivity index (χ1) is 14.0. The van der Waals surface area contributed by atoms with Crippen LogP contribution in [0.25, 0.3) is 0 Å². The number of ether oxygens (including phenoxy) is 2. The Hall–Kier alpha value is -3.03. The molecule has 1 aliphatic rings. The van der Waals surface area contributed by atoms with Gasteiger partial charge in [-0.05, 0) is 31.0 Å². The maximum absolute atomic E-state index is 5.43. The fraction of sp³-hybridized carbons (Fsp3) is 0.476. The van der Waals surface area contributed by atoms with Gasteiger partial charge in [-0.3, -0.25) is 0 Å². The van der Waals surface area contributed by atoms with Crippen molar-refractivity contribution < 1.29 is 9.47 Å². The first kappa shape index (κ1) is 20.7. The van der Waals surface area contributed by atoms with Crippen molar-refractivity contribution >= 4 is 5.96 Å². The van der Waals surface area contributed by atoms with Crippen LogP contribution in [0.2, 0.25) is 0 Å². The van der Waals surface area contributed by atoms with Crippen LogP contribution in [0, 0.1) is 6.92 Å². The molecule has 1 aromatic carbocycles. The van der Waals surface area contributed by atoms with Crippen molar-refractivity contribution in [2.75, 3.05) is 33.9 Å². The zero-order valence-electron chi connectivity index (χ0n) is 17.7. The summed E-state index contributed by atoms with van der Waals surface area (Å²) < 4.78 is 12.8. The van der Waals surface area contributed by atoms with Crippen molar-refractivity contribution in [3.63, 3.8) is 0 Å². The topological polar surface area (TPSA) is 76.8 Å². The van der Waals surface area contributed by atoms with Gasteiger partial charge in [0.2, 0.25) is 0 Å². The summed E-state index contributed by atoms with van der Waals surface area (Å²) in [5, 5.41) is 11.7. The maximum atomic E-state index is 5.43. The van der Waals surface area contributed by atoms with E-state index in [1.165, 1.54) is 5.56 Å². The lowest BCUT2D eigenvalue weighted by Gasteiger charge is -2.22. The number of benzene rings is 1. The Bertz CT molecular complexity index is 854. The van der Waals surface area contributed by atoms with Crippen molar-refractivity contribution in [2.24, 2.45) is 12.0 Å². The van der Waals surface area contributed by atoms with Gasteiger partial charge in [0.1, 0.15) is 23.9 Å². The molecule has 1 aromatic heterocycles. The van der Waals surface area contributed by atoms with E-state index in [0.29, 0.717) is 19.0 Å². The molecule has 2 heterocycles. The third-order valence-corrected chi connectivity index (χ3v) is 5.29. The van der Waals surface area contributed by atoms with Crippen LogP contribution in [-0.4, -0.2) is 59.5 Å². The lowest BCUT2D eigenvalue weighted by Crippen LogP contribution is -2.40. The second kappa shape index (κ2) is 9.45. The van der Waals surface area contributed by atoms with Crippen molar-refractivity contribution in [3.8, 4) is 11.5 Å². The van der Waals surface area contributed by atoms with Gasteiger partial charge in [-0.1, -0.05) is 6.08 Å². The van der Waals surface area contributed by atoms with E-state index in [0.717, 1.165) is 48.6 Å². The van der Waals surface area contributed by atoms with Crippen LogP contribution in [0.4, 0.5) is 0 Å². The normalized spacial score (nSPS) is 16.8. The molecule has 1 saturated heterocycles. The molecule has 8 heteroatoms. The monoisotopic (exact) mass is 398 g/mol. The molecule has 1 N–H and O–H groups in total. The summed E-state index contributed by atoms with van der Waals surface area (Å²) in [6, 6.07) is 6.08. The fourth-order valence-corrected chi connectivity index (χ4v) is 3.46. The van der Waals surface area contributed by atoms with Gasteiger partial charge in [0.25, 0.3) is 0 Å². The molecule has 0 saturated carbocycles. The van der Waals surface area contributed by atoms with Crippen LogP contribution >= 0.6 is 0 Å². The molecule has 0 aliphatic carbocycles. The van der Waals surface area contributed by atoms with Gasteiger partial charge >= 0.3 is 0 Å². The molecule has 0 spiro atoms. The fourth-order valence-electron chi connectivity index (χ4n) is 3.46. The lowest BCUT2D eigenvalue weighted by molar-refractivity contribution is 0.392. The maximum Gasteiger partial charge on any atom is 0.194 e. The van der Waals surface area contributed by atoms with E-state index in [4.69, 9.17) is 14.5 Å². The molecule has 0 amide bonds. The third kappa shape index (κ3) is 4.88. The number of aryl methyl sites for hydroxylation is 1. The minimum absolute atomic E-state index is 0.381. The minimum atomic E-state index is 0.381. The predicted octanol–water partition coefficient (Wildman–Crippen LogP) is 2.26. The van der Waals surface area contributed by atoms with Crippen LogP contribution in [-0.2, 0) is 13.6 Å². The van der Waals surface area contributed by atoms with Crippen molar-refractivity contribution in [3.05, 3.63) is 48.1 Å². The molecular weight excluding hydrogens is 368 g/mol. The quantitative estimate of drug-likeness (QED) is 0.438. The summed E-state index contributed by atoms with van der Waals surface area (Å²) in [5.74, 6) is 4.59. The van der Waals surface area contributed by atoms with E-state index in [1.54, 1.807) is 14.2 Å². The van der Waals surface area contributed by atoms with Crippen molar-refractivity contribution in [1.82, 2.24) is 25.0 Å². The molecule has 0 radical (unpaired) electrons. The van der Waals surface area contributed by atoms with Crippen LogP contribution in [0.5, 0.6) is 11.5 Å². The number of likely N-dealkylation sites (tertiary alicyclic amines) is 1. The molecule has 1 atom stereocenters. The Balaban J connectivity index is 1.76. The number of aliphatic imine (C=N–C) groups is 1. The molecular formula is C21H30N6O2. The zero-order chi connectivity index (χ0) is 20.8. The summed E-state index contributed by atoms with van der Waals surface area (Å²) in [6.07, 6.45) is 2.87. The third-order valence-electron chi connectivity index (χ3n) is 5.29. The Morgan fingerprint density at radius 2 is 2.00 bits per heavy atom. The summed E-state index contributed by atoms with van der Waals surface area (Å²) in [5.41, 5.74) is 1.22. The molecule has 1 aliphatic heterocycles. The molecule has 2 aromatic rings. The van der Waals surface area contributed by atoms with Crippen molar-refractivity contribution in [2.45, 2.75) is 25.8 Å². The number of methoxy groups -OCH3 is 2. The molecule has 1 fully saturated rings. The van der Waals surface area contributed by atoms with Gasteiger partial charge in [-0.25, -0.2) is 4.99 Å². The summed E-state index contributed by atoms with van der Waals surface area (Å²) in [7, 11) is 5.31. The number of aromatic nitrogens is 3. The smallest absolute Gasteiger partial charge is 0.194 e. The predicted molar refractivity (Wildman–Crippen MR) is 114 cm³/mol. The summed E-state index contributed by atoms with van der Waals surface area (Å²) in [6.45, 7) is 8.67. The average Bonchev–Trinajstić information content (AvgIpc) is 3.36. The minimum Gasteiger partial charge on any atom is -0.497 e. The SMILES string of the molecule is C=CCNC(=NCc1nnc(C)n1C)N1CCC(c2cc(OC)cc(OC)c2)C1. The first-order valence-corrected chi connectivity index (χ1v) is 9.77. The molecule has 1 unspecified atom stereocenters. The highest BCUT2D eigenvalue weighted by Crippen LogP contribution is 2.32. The highest BCUT2D eigenvalue weighted by atomic mass is 16.5. The van der Waals surface area contributed by atoms with Crippen LogP contribution in [0.1, 0.15) is 29.6 Å². The molecule has 156 valence electrons. The number of nitrogens with zero attached hydrogens (tertiary/aromatic N) is 5. The van der Waals surface area contributed by atoms with Crippen molar-refractivity contribution in [1.29, 1.82) is 0 Å². The molecule has 3 rings (SSSR count). The Labute approximate surface area is 172 Å². The van der Waals surface area contributed by atoms with Gasteiger partial charge in [0.05, 0.1) is 14.2 Å². The number of hydrogen-bond donors (Lipinski definition) is 1. The molecule has 0 bridgehead atoms. The Morgan fingerprint density at radius 3 is 2.59 bits per heavy atom. The van der Waals surface area contributed by atoms with Gasteiger partial charge in [0, 0.05) is 38.7 Å². The van der Waals surface area contributed by atoms with Crippen LogP contribution < -0.4 is 14.8 Å². The standard InChI is InChI=1S/C21H30N6O2/c1-6-8-22-21(23-13-20-25-24-15(2)26(20)3)27-9-7-16(14-27)17-10-18(28-4)12-19(11-17)29-5/h6,10-12,16H,1,7-9,13-14H2,2-5H3,(H,22,23). The van der Waals surface area contributed by atoms with E-state index in [-0.39, 0.29) is 0 Å². The number of hydrogen-bond acceptors (Lipinski definition) is 5. The molecule has 8 nitrogen and oxygen atoms in total. The second-order valence-corrected chi connectivity index (χ2v) is 7.11. The van der Waals surface area contributed by atoms with Crippen LogP contribution in [0.15, 0.2) is 35.8 Å². The van der Waals surface area contributed by atoms with E-state index in [2.05, 4.69) is 39.1 Å². The van der Waals surface area contributed by atoms with Gasteiger partial charge < -0.3 is 24.3 Å². The van der Waals surface area contributed by atoms with Gasteiger partial charge in [0.15, 0.2) is 11.8 Å². The van der Waals surface area contributed by atoms with E-state index < -0.39 is 0 Å². The van der Waals surface area contributed by atoms with E-state index in [9.17, 15) is 0 Å². The summed E-state index contributed by atoms with van der Waals surface area (Å²) >= 11 is 0. The highest BCUT2D eigenvalue weighted by Gasteiger charge is 2.27. The number of guanidine groups is 1. The number of rotatable bonds is 7. The Morgan fingerprint density at radius 1 is 1.28 bits per heavy atom. The van der Waals surface area contributed by atoms with E-state index in [1.807, 2.05) is 30.7 Å². The summed E-state index contributed by atoms with van der Waals surface area (Å²) in [4.78, 5) is 7.08. The Kier molecular flexibility index (Phi) is 6.74. The first-order valence-electron chi connectivity index (χ1n) is 9.77. The largest absolute Gasteiger partial charge is 0.497 e. The molecule has 29 heavy (non-hydrogen) atoms. The van der Waals surface area contributed by atoms with Gasteiger partial charge in [-0.15, -0.1) is 16.8 Å². The van der Waals surface area contributed by atoms with Crippen LogP contribution in [0.3, 0.4) is 0 Å². The lowest BCUT2D eigenvalue weighted by atomic mass is 9.98. The van der Waals surface area contributed by atoms with E-state index >= 15 is 0 Å².